The number of carbonyl (C=O) groups excluding carboxylic acids is 1. The number of pyridine rings is 1. The summed E-state index contributed by atoms with van der Waals surface area (Å²) in [6.45, 7) is 0.882. The lowest BCUT2D eigenvalue weighted by atomic mass is 10.1. The van der Waals surface area contributed by atoms with Gasteiger partial charge in [0.15, 0.2) is 0 Å². The molecule has 0 saturated carbocycles. The molecular weight excluding hydrogens is 248 g/mol. The molecule has 1 aliphatic rings. The minimum Gasteiger partial charge on any atom is -0.336 e. The molecule has 0 bridgehead atoms. The maximum Gasteiger partial charge on any atom is 0.223 e. The number of alkyl halides is 1. The van der Waals surface area contributed by atoms with Gasteiger partial charge < -0.3 is 4.90 Å². The van der Waals surface area contributed by atoms with Gasteiger partial charge >= 0.3 is 0 Å². The number of aromatic nitrogens is 1. The average Bonchev–Trinajstić information content (AvgIpc) is 2.89. The fraction of sp³-hybridized carbons (Fsp3) is 0.571. The number of hydrogen-bond donors (Lipinski definition) is 0. The third-order valence-electron chi connectivity index (χ3n) is 3.44. The highest BCUT2D eigenvalue weighted by Gasteiger charge is 2.29. The lowest BCUT2D eigenvalue weighted by molar-refractivity contribution is -0.132. The van der Waals surface area contributed by atoms with Gasteiger partial charge in [-0.15, -0.1) is 11.6 Å². The lowest BCUT2D eigenvalue weighted by Crippen LogP contribution is -2.30. The number of carbonyl (C=O) groups is 1. The van der Waals surface area contributed by atoms with E-state index in [1.54, 1.807) is 12.4 Å². The zero-order chi connectivity index (χ0) is 12.8. The van der Waals surface area contributed by atoms with Crippen molar-refractivity contribution in [3.63, 3.8) is 0 Å². The Morgan fingerprint density at radius 3 is 2.89 bits per heavy atom. The second-order valence-corrected chi connectivity index (χ2v) is 5.05. The number of rotatable bonds is 5. The largest absolute Gasteiger partial charge is 0.336 e. The van der Waals surface area contributed by atoms with Gasteiger partial charge in [0.2, 0.25) is 5.91 Å². The van der Waals surface area contributed by atoms with Crippen molar-refractivity contribution in [1.29, 1.82) is 0 Å². The molecule has 1 atom stereocenters. The van der Waals surface area contributed by atoms with Crippen LogP contribution in [0.15, 0.2) is 24.5 Å². The van der Waals surface area contributed by atoms with E-state index in [0.29, 0.717) is 12.3 Å². The summed E-state index contributed by atoms with van der Waals surface area (Å²) in [4.78, 5) is 18.2. The van der Waals surface area contributed by atoms with E-state index in [4.69, 9.17) is 11.6 Å². The smallest absolute Gasteiger partial charge is 0.223 e. The molecule has 0 N–H and O–H groups in total. The first-order valence-electron chi connectivity index (χ1n) is 6.58. The highest BCUT2D eigenvalue weighted by Crippen LogP contribution is 2.32. The van der Waals surface area contributed by atoms with Gasteiger partial charge in [-0.05, 0) is 43.4 Å². The summed E-state index contributed by atoms with van der Waals surface area (Å²) in [5, 5.41) is 0. The van der Waals surface area contributed by atoms with Crippen LogP contribution in [-0.2, 0) is 4.79 Å². The predicted molar refractivity (Wildman–Crippen MR) is 72.5 cm³/mol. The van der Waals surface area contributed by atoms with Crippen LogP contribution in [0.4, 0.5) is 0 Å². The van der Waals surface area contributed by atoms with E-state index < -0.39 is 0 Å². The van der Waals surface area contributed by atoms with Crippen molar-refractivity contribution < 1.29 is 4.79 Å². The molecule has 1 amide bonds. The summed E-state index contributed by atoms with van der Waals surface area (Å²) in [6, 6.07) is 4.26. The zero-order valence-corrected chi connectivity index (χ0v) is 11.3. The first-order chi connectivity index (χ1) is 8.83. The van der Waals surface area contributed by atoms with E-state index in [-0.39, 0.29) is 11.9 Å². The number of likely N-dealkylation sites (tertiary alicyclic amines) is 1. The van der Waals surface area contributed by atoms with Gasteiger partial charge in [0, 0.05) is 31.2 Å². The third kappa shape index (κ3) is 3.22. The summed E-state index contributed by atoms with van der Waals surface area (Å²) in [5.74, 6) is 0.903. The molecule has 0 aromatic carbocycles. The van der Waals surface area contributed by atoms with Crippen molar-refractivity contribution in [1.82, 2.24) is 9.88 Å². The second-order valence-electron chi connectivity index (χ2n) is 4.67. The van der Waals surface area contributed by atoms with Gasteiger partial charge in [0.05, 0.1) is 6.04 Å². The van der Waals surface area contributed by atoms with Crippen LogP contribution in [0.25, 0.3) is 0 Å². The molecule has 2 heterocycles. The van der Waals surface area contributed by atoms with E-state index in [0.717, 1.165) is 32.2 Å². The molecule has 1 fully saturated rings. The minimum absolute atomic E-state index is 0.247. The standard InChI is InChI=1S/C14H19ClN2O/c15-8-2-1-5-14(18)17-11-3-4-13(17)12-6-9-16-10-7-12/h6-7,9-10,13H,1-5,8,11H2. The van der Waals surface area contributed by atoms with E-state index in [2.05, 4.69) is 4.98 Å². The molecule has 2 rings (SSSR count). The van der Waals surface area contributed by atoms with Crippen LogP contribution < -0.4 is 0 Å². The summed E-state index contributed by atoms with van der Waals surface area (Å²) in [5.41, 5.74) is 1.20. The molecule has 1 aliphatic heterocycles. The summed E-state index contributed by atoms with van der Waals surface area (Å²) < 4.78 is 0. The molecule has 4 heteroatoms. The molecule has 0 spiro atoms. The van der Waals surface area contributed by atoms with Gasteiger partial charge in [-0.25, -0.2) is 0 Å². The Kier molecular flexibility index (Phi) is 5.00. The van der Waals surface area contributed by atoms with Crippen LogP contribution in [0.3, 0.4) is 0 Å². The normalized spacial score (nSPS) is 19.2. The van der Waals surface area contributed by atoms with E-state index >= 15 is 0 Å². The van der Waals surface area contributed by atoms with Crippen LogP contribution in [0.5, 0.6) is 0 Å². The van der Waals surface area contributed by atoms with Crippen molar-refractivity contribution in [3.8, 4) is 0 Å². The third-order valence-corrected chi connectivity index (χ3v) is 3.71. The van der Waals surface area contributed by atoms with E-state index in [1.807, 2.05) is 17.0 Å². The zero-order valence-electron chi connectivity index (χ0n) is 10.5. The van der Waals surface area contributed by atoms with Gasteiger partial charge in [0.1, 0.15) is 0 Å². The molecule has 1 aromatic heterocycles. The van der Waals surface area contributed by atoms with Crippen molar-refractivity contribution in [2.45, 2.75) is 38.1 Å². The van der Waals surface area contributed by atoms with Crippen molar-refractivity contribution in [2.24, 2.45) is 0 Å². The summed E-state index contributed by atoms with van der Waals surface area (Å²) in [6.07, 6.45) is 8.17. The van der Waals surface area contributed by atoms with Crippen LogP contribution >= 0.6 is 11.6 Å². The van der Waals surface area contributed by atoms with E-state index in [1.165, 1.54) is 5.56 Å². The number of halogens is 1. The highest BCUT2D eigenvalue weighted by atomic mass is 35.5. The fourth-order valence-corrected chi connectivity index (χ4v) is 2.70. The van der Waals surface area contributed by atoms with Crippen LogP contribution in [0, 0.1) is 0 Å². The molecule has 18 heavy (non-hydrogen) atoms. The van der Waals surface area contributed by atoms with Crippen molar-refractivity contribution in [3.05, 3.63) is 30.1 Å². The number of hydrogen-bond acceptors (Lipinski definition) is 2. The van der Waals surface area contributed by atoms with Crippen molar-refractivity contribution in [2.75, 3.05) is 12.4 Å². The monoisotopic (exact) mass is 266 g/mol. The fourth-order valence-electron chi connectivity index (χ4n) is 2.51. The average molecular weight is 267 g/mol. The van der Waals surface area contributed by atoms with Gasteiger partial charge in [-0.3, -0.25) is 9.78 Å². The summed E-state index contributed by atoms with van der Waals surface area (Å²) >= 11 is 5.64. The maximum absolute atomic E-state index is 12.2. The lowest BCUT2D eigenvalue weighted by Gasteiger charge is -2.25. The predicted octanol–water partition coefficient (Wildman–Crippen LogP) is 3.15. The highest BCUT2D eigenvalue weighted by molar-refractivity contribution is 6.17. The Morgan fingerprint density at radius 1 is 1.39 bits per heavy atom. The Labute approximate surface area is 113 Å². The first kappa shape index (κ1) is 13.3. The molecule has 3 nitrogen and oxygen atoms in total. The Morgan fingerprint density at radius 2 is 2.17 bits per heavy atom. The minimum atomic E-state index is 0.247. The first-order valence-corrected chi connectivity index (χ1v) is 7.11. The van der Waals surface area contributed by atoms with E-state index in [9.17, 15) is 4.79 Å². The summed E-state index contributed by atoms with van der Waals surface area (Å²) in [7, 11) is 0. The van der Waals surface area contributed by atoms with Gasteiger partial charge in [0.25, 0.3) is 0 Å². The Hall–Kier alpha value is -1.09. The molecule has 1 unspecified atom stereocenters. The molecule has 0 aliphatic carbocycles. The maximum atomic E-state index is 12.2. The van der Waals surface area contributed by atoms with Crippen LogP contribution in [-0.4, -0.2) is 28.2 Å². The molecule has 1 saturated heterocycles. The van der Waals surface area contributed by atoms with Crippen LogP contribution in [0.2, 0.25) is 0 Å². The molecule has 1 aromatic rings. The molecule has 98 valence electrons. The molecule has 0 radical (unpaired) electrons. The topological polar surface area (TPSA) is 33.2 Å². The number of amides is 1. The van der Waals surface area contributed by atoms with Gasteiger partial charge in [-0.2, -0.15) is 0 Å². The van der Waals surface area contributed by atoms with Gasteiger partial charge in [-0.1, -0.05) is 0 Å². The Bertz CT molecular complexity index is 383. The second kappa shape index (κ2) is 6.74. The quantitative estimate of drug-likeness (QED) is 0.606. The number of unbranched alkanes of at least 4 members (excludes halogenated alkanes) is 1. The Balaban J connectivity index is 1.97. The SMILES string of the molecule is O=C(CCCCCl)N1CCCC1c1ccncc1. The van der Waals surface area contributed by atoms with Crippen LogP contribution in [0.1, 0.15) is 43.7 Å². The molecular formula is C14H19ClN2O. The van der Waals surface area contributed by atoms with Crippen molar-refractivity contribution >= 4 is 17.5 Å². The number of nitrogens with zero attached hydrogens (tertiary/aromatic N) is 2.